The molecule has 1 fully saturated rings. The minimum atomic E-state index is -1.11. The number of hydrogen-bond donors (Lipinski definition) is 1. The van der Waals surface area contributed by atoms with E-state index in [1.54, 1.807) is 18.2 Å². The first-order valence-corrected chi connectivity index (χ1v) is 9.31. The molecule has 4 rings (SSSR count). The first kappa shape index (κ1) is 17.7. The molecule has 2 atom stereocenters. The van der Waals surface area contributed by atoms with Crippen molar-refractivity contribution in [2.75, 3.05) is 26.2 Å². The lowest BCUT2D eigenvalue weighted by molar-refractivity contribution is -0.151. The van der Waals surface area contributed by atoms with Gasteiger partial charge in [-0.05, 0) is 50.2 Å². The van der Waals surface area contributed by atoms with Crippen molar-refractivity contribution < 1.29 is 24.1 Å². The van der Waals surface area contributed by atoms with Crippen molar-refractivity contribution in [2.24, 2.45) is 0 Å². The lowest BCUT2D eigenvalue weighted by Crippen LogP contribution is -2.39. The number of benzene rings is 2. The zero-order valence-electron chi connectivity index (χ0n) is 15.0. The van der Waals surface area contributed by atoms with Crippen molar-refractivity contribution in [1.82, 2.24) is 4.90 Å². The van der Waals surface area contributed by atoms with E-state index in [0.717, 1.165) is 25.2 Å². The molecule has 2 aliphatic heterocycles. The quantitative estimate of drug-likeness (QED) is 0.844. The van der Waals surface area contributed by atoms with Gasteiger partial charge in [-0.2, -0.15) is 0 Å². The van der Waals surface area contributed by atoms with Gasteiger partial charge in [-0.15, -0.1) is 0 Å². The van der Waals surface area contributed by atoms with Crippen molar-refractivity contribution >= 4 is 5.97 Å². The monoisotopic (exact) mass is 369 g/mol. The highest BCUT2D eigenvalue weighted by atomic mass is 16.6. The molecule has 27 heavy (non-hydrogen) atoms. The summed E-state index contributed by atoms with van der Waals surface area (Å²) in [6.45, 7) is 3.78. The predicted molar refractivity (Wildman–Crippen MR) is 99.5 cm³/mol. The summed E-state index contributed by atoms with van der Waals surface area (Å²) in [7, 11) is 0. The van der Waals surface area contributed by atoms with Crippen LogP contribution in [0.4, 0.5) is 0 Å². The molecule has 0 aliphatic carbocycles. The Kier molecular flexibility index (Phi) is 5.16. The molecule has 0 radical (unpaired) electrons. The van der Waals surface area contributed by atoms with Crippen LogP contribution in [0.5, 0.6) is 17.2 Å². The van der Waals surface area contributed by atoms with Crippen LogP contribution in [-0.4, -0.2) is 48.3 Å². The third-order valence-electron chi connectivity index (χ3n) is 4.94. The molecule has 142 valence electrons. The molecule has 0 aromatic heterocycles. The minimum Gasteiger partial charge on any atom is -0.492 e. The maximum atomic E-state index is 11.7. The van der Waals surface area contributed by atoms with E-state index in [1.807, 2.05) is 30.3 Å². The van der Waals surface area contributed by atoms with Gasteiger partial charge in [0.2, 0.25) is 6.10 Å². The van der Waals surface area contributed by atoms with Gasteiger partial charge in [-0.1, -0.05) is 24.3 Å². The summed E-state index contributed by atoms with van der Waals surface area (Å²) < 4.78 is 17.5. The summed E-state index contributed by atoms with van der Waals surface area (Å²) in [6, 6.07) is 14.5. The van der Waals surface area contributed by atoms with Gasteiger partial charge in [0, 0.05) is 12.1 Å². The zero-order chi connectivity index (χ0) is 18.6. The van der Waals surface area contributed by atoms with E-state index in [4.69, 9.17) is 14.2 Å². The van der Waals surface area contributed by atoms with Gasteiger partial charge in [-0.3, -0.25) is 4.90 Å². The molecule has 6 nitrogen and oxygen atoms in total. The van der Waals surface area contributed by atoms with E-state index < -0.39 is 18.2 Å². The molecule has 2 unspecified atom stereocenters. The highest BCUT2D eigenvalue weighted by Crippen LogP contribution is 2.39. The molecule has 2 aliphatic rings. The van der Waals surface area contributed by atoms with Crippen LogP contribution >= 0.6 is 0 Å². The van der Waals surface area contributed by atoms with Crippen molar-refractivity contribution in [3.63, 3.8) is 0 Å². The Bertz CT molecular complexity index is 803. The molecular formula is C21H23NO5. The maximum Gasteiger partial charge on any atom is 0.349 e. The lowest BCUT2D eigenvalue weighted by atomic mass is 10.0. The van der Waals surface area contributed by atoms with Crippen molar-refractivity contribution in [3.05, 3.63) is 54.1 Å². The third-order valence-corrected chi connectivity index (χ3v) is 4.94. The average Bonchev–Trinajstić information content (AvgIpc) is 3.20. The van der Waals surface area contributed by atoms with Gasteiger partial charge in [0.25, 0.3) is 0 Å². The Balaban J connectivity index is 1.48. The number of ether oxygens (including phenoxy) is 3. The number of carboxylic acids is 1. The standard InChI is InChI=1S/C21H23NO5/c23-21(24)20-19(26-17-8-1-2-9-18(17)27-20)15-6-5-7-16(14-15)25-13-12-22-10-3-4-11-22/h1-2,5-9,14,19-20H,3-4,10-13H2,(H,23,24). The van der Waals surface area contributed by atoms with E-state index in [0.29, 0.717) is 23.9 Å². The normalized spacial score (nSPS) is 21.8. The van der Waals surface area contributed by atoms with E-state index in [-0.39, 0.29) is 0 Å². The van der Waals surface area contributed by atoms with Crippen molar-refractivity contribution in [1.29, 1.82) is 0 Å². The summed E-state index contributed by atoms with van der Waals surface area (Å²) in [4.78, 5) is 14.1. The Morgan fingerprint density at radius 2 is 1.81 bits per heavy atom. The molecule has 2 aromatic carbocycles. The molecule has 2 aromatic rings. The van der Waals surface area contributed by atoms with Crippen LogP contribution in [0, 0.1) is 0 Å². The summed E-state index contributed by atoms with van der Waals surface area (Å²) >= 11 is 0. The smallest absolute Gasteiger partial charge is 0.349 e. The predicted octanol–water partition coefficient (Wildman–Crippen LogP) is 3.13. The molecule has 0 saturated carbocycles. The zero-order valence-corrected chi connectivity index (χ0v) is 15.0. The molecule has 2 heterocycles. The molecule has 0 amide bonds. The first-order chi connectivity index (χ1) is 13.2. The fraction of sp³-hybridized carbons (Fsp3) is 0.381. The highest BCUT2D eigenvalue weighted by molar-refractivity contribution is 5.75. The molecule has 0 bridgehead atoms. The van der Waals surface area contributed by atoms with Gasteiger partial charge < -0.3 is 19.3 Å². The van der Waals surface area contributed by atoms with Gasteiger partial charge in [0.15, 0.2) is 17.6 Å². The van der Waals surface area contributed by atoms with Crippen molar-refractivity contribution in [2.45, 2.75) is 25.0 Å². The van der Waals surface area contributed by atoms with E-state index >= 15 is 0 Å². The largest absolute Gasteiger partial charge is 0.492 e. The second-order valence-corrected chi connectivity index (χ2v) is 6.83. The Morgan fingerprint density at radius 3 is 2.56 bits per heavy atom. The number of aliphatic carboxylic acids is 1. The summed E-state index contributed by atoms with van der Waals surface area (Å²) in [5, 5.41) is 9.59. The minimum absolute atomic E-state index is 0.444. The second-order valence-electron chi connectivity index (χ2n) is 6.83. The van der Waals surface area contributed by atoms with Crippen molar-refractivity contribution in [3.8, 4) is 17.2 Å². The van der Waals surface area contributed by atoms with Crippen LogP contribution in [0.2, 0.25) is 0 Å². The molecule has 6 heteroatoms. The number of para-hydroxylation sites is 2. The number of carbonyl (C=O) groups is 1. The fourth-order valence-electron chi connectivity index (χ4n) is 3.54. The fourth-order valence-corrected chi connectivity index (χ4v) is 3.54. The number of likely N-dealkylation sites (tertiary alicyclic amines) is 1. The molecule has 0 spiro atoms. The van der Waals surface area contributed by atoms with Crippen LogP contribution in [0.15, 0.2) is 48.5 Å². The SMILES string of the molecule is O=C(O)C1Oc2ccccc2OC1c1cccc(OCCN2CCCC2)c1. The van der Waals surface area contributed by atoms with E-state index in [9.17, 15) is 9.90 Å². The number of hydrogen-bond acceptors (Lipinski definition) is 5. The van der Waals surface area contributed by atoms with E-state index in [1.165, 1.54) is 12.8 Å². The second kappa shape index (κ2) is 7.88. The Morgan fingerprint density at radius 1 is 1.07 bits per heavy atom. The first-order valence-electron chi connectivity index (χ1n) is 9.31. The average molecular weight is 369 g/mol. The van der Waals surface area contributed by atoms with Gasteiger partial charge in [0.05, 0.1) is 0 Å². The highest BCUT2D eigenvalue weighted by Gasteiger charge is 2.38. The number of fused-ring (bicyclic) bond motifs is 1. The maximum absolute atomic E-state index is 11.7. The van der Waals surface area contributed by atoms with E-state index in [2.05, 4.69) is 4.90 Å². The molecular weight excluding hydrogens is 346 g/mol. The van der Waals surface area contributed by atoms with Gasteiger partial charge in [-0.25, -0.2) is 4.79 Å². The van der Waals surface area contributed by atoms with Crippen LogP contribution < -0.4 is 14.2 Å². The van der Waals surface area contributed by atoms with Crippen LogP contribution in [0.25, 0.3) is 0 Å². The summed E-state index contributed by atoms with van der Waals surface area (Å²) in [6.07, 6.45) is 0.665. The summed E-state index contributed by atoms with van der Waals surface area (Å²) in [5.41, 5.74) is 0.718. The topological polar surface area (TPSA) is 68.2 Å². The van der Waals surface area contributed by atoms with Gasteiger partial charge in [0.1, 0.15) is 12.4 Å². The van der Waals surface area contributed by atoms with Gasteiger partial charge >= 0.3 is 5.97 Å². The van der Waals surface area contributed by atoms with Crippen LogP contribution in [0.1, 0.15) is 24.5 Å². The Hall–Kier alpha value is -2.73. The summed E-state index contributed by atoms with van der Waals surface area (Å²) in [5.74, 6) is 0.632. The lowest BCUT2D eigenvalue weighted by Gasteiger charge is -2.32. The number of nitrogens with zero attached hydrogens (tertiary/aromatic N) is 1. The number of carboxylic acid groups (broad SMARTS) is 1. The molecule has 1 N–H and O–H groups in total. The number of rotatable bonds is 6. The van der Waals surface area contributed by atoms with Crippen LogP contribution in [0.3, 0.4) is 0 Å². The molecule has 1 saturated heterocycles. The Labute approximate surface area is 158 Å². The third kappa shape index (κ3) is 4.01. The van der Waals surface area contributed by atoms with Crippen LogP contribution in [-0.2, 0) is 4.79 Å².